The molecular formula is C19H16Cl4N4S. The zero-order chi connectivity index (χ0) is 20.4. The van der Waals surface area contributed by atoms with Crippen molar-refractivity contribution in [2.75, 3.05) is 10.6 Å². The number of hydrogen-bond acceptors (Lipinski definition) is 2. The van der Waals surface area contributed by atoms with Crippen molar-refractivity contribution in [1.29, 1.82) is 0 Å². The van der Waals surface area contributed by atoms with Gasteiger partial charge in [-0.15, -0.1) is 0 Å². The predicted molar refractivity (Wildman–Crippen MR) is 124 cm³/mol. The number of halogens is 4. The smallest absolute Gasteiger partial charge is 0.175 e. The van der Waals surface area contributed by atoms with Gasteiger partial charge >= 0.3 is 0 Å². The molecule has 0 aliphatic carbocycles. The van der Waals surface area contributed by atoms with Crippen LogP contribution in [-0.2, 0) is 6.54 Å². The van der Waals surface area contributed by atoms with Crippen molar-refractivity contribution >= 4 is 75.1 Å². The monoisotopic (exact) mass is 472 g/mol. The molecule has 0 saturated heterocycles. The van der Waals surface area contributed by atoms with Gasteiger partial charge in [-0.05, 0) is 50.3 Å². The maximum atomic E-state index is 6.29. The second-order valence-electron chi connectivity index (χ2n) is 6.08. The number of anilines is 2. The Kier molecular flexibility index (Phi) is 6.73. The van der Waals surface area contributed by atoms with Crippen LogP contribution >= 0.6 is 58.6 Å². The Bertz CT molecular complexity index is 1030. The molecular weight excluding hydrogens is 458 g/mol. The Morgan fingerprint density at radius 3 is 2.25 bits per heavy atom. The van der Waals surface area contributed by atoms with Gasteiger partial charge in [0.25, 0.3) is 0 Å². The van der Waals surface area contributed by atoms with Crippen LogP contribution in [0.25, 0.3) is 0 Å². The van der Waals surface area contributed by atoms with Crippen LogP contribution in [0.4, 0.5) is 11.4 Å². The predicted octanol–water partition coefficient (Wildman–Crippen LogP) is 6.97. The van der Waals surface area contributed by atoms with Crippen LogP contribution in [-0.4, -0.2) is 14.9 Å². The van der Waals surface area contributed by atoms with Gasteiger partial charge in [-0.3, -0.25) is 4.68 Å². The van der Waals surface area contributed by atoms with E-state index < -0.39 is 0 Å². The Morgan fingerprint density at radius 2 is 1.57 bits per heavy atom. The van der Waals surface area contributed by atoms with Gasteiger partial charge in [-0.1, -0.05) is 58.5 Å². The number of aromatic nitrogens is 2. The number of benzene rings is 2. The third-order valence-electron chi connectivity index (χ3n) is 4.19. The molecule has 9 heteroatoms. The van der Waals surface area contributed by atoms with E-state index in [1.807, 2.05) is 24.6 Å². The first-order chi connectivity index (χ1) is 13.3. The largest absolute Gasteiger partial charge is 0.331 e. The Hall–Kier alpha value is -1.50. The lowest BCUT2D eigenvalue weighted by atomic mass is 10.2. The standard InChI is InChI=1S/C19H16Cl4N4S/c1-10-18(25-19(28)24-16-8-4-7-15(22)17(16)23)11(2)27(26-10)9-12-13(20)5-3-6-14(12)21/h3-8H,9H2,1-2H3,(H2,24,25,28). The summed E-state index contributed by atoms with van der Waals surface area (Å²) in [6.45, 7) is 4.30. The fourth-order valence-corrected chi connectivity index (χ4v) is 3.81. The van der Waals surface area contributed by atoms with E-state index in [1.54, 1.807) is 30.3 Å². The molecule has 0 radical (unpaired) electrons. The number of hydrogen-bond donors (Lipinski definition) is 2. The normalized spacial score (nSPS) is 10.8. The van der Waals surface area contributed by atoms with Crippen molar-refractivity contribution in [3.8, 4) is 0 Å². The van der Waals surface area contributed by atoms with E-state index in [-0.39, 0.29) is 0 Å². The molecule has 0 bridgehead atoms. The summed E-state index contributed by atoms with van der Waals surface area (Å²) in [5, 5.41) is 13.3. The van der Waals surface area contributed by atoms with Crippen molar-refractivity contribution in [2.24, 2.45) is 0 Å². The van der Waals surface area contributed by atoms with Gasteiger partial charge in [-0.2, -0.15) is 5.10 Å². The van der Waals surface area contributed by atoms with Crippen molar-refractivity contribution < 1.29 is 0 Å². The first-order valence-corrected chi connectivity index (χ1v) is 10.2. The summed E-state index contributed by atoms with van der Waals surface area (Å²) < 4.78 is 1.83. The van der Waals surface area contributed by atoms with Gasteiger partial charge in [-0.25, -0.2) is 0 Å². The molecule has 3 aromatic rings. The Labute approximate surface area is 188 Å². The van der Waals surface area contributed by atoms with Crippen molar-refractivity contribution in [1.82, 2.24) is 9.78 Å². The van der Waals surface area contributed by atoms with Crippen LogP contribution in [0.5, 0.6) is 0 Å². The number of thiocarbonyl (C=S) groups is 1. The molecule has 2 N–H and O–H groups in total. The molecule has 2 aromatic carbocycles. The molecule has 146 valence electrons. The van der Waals surface area contributed by atoms with Crippen LogP contribution in [0.3, 0.4) is 0 Å². The maximum Gasteiger partial charge on any atom is 0.175 e. The molecule has 0 aliphatic heterocycles. The highest BCUT2D eigenvalue weighted by Crippen LogP contribution is 2.30. The van der Waals surface area contributed by atoms with E-state index in [1.165, 1.54) is 0 Å². The first-order valence-electron chi connectivity index (χ1n) is 8.27. The minimum Gasteiger partial charge on any atom is -0.331 e. The van der Waals surface area contributed by atoms with Crippen LogP contribution in [0.2, 0.25) is 20.1 Å². The molecule has 4 nitrogen and oxygen atoms in total. The quantitative estimate of drug-likeness (QED) is 0.401. The summed E-state index contributed by atoms with van der Waals surface area (Å²) in [7, 11) is 0. The summed E-state index contributed by atoms with van der Waals surface area (Å²) in [6.07, 6.45) is 0. The fraction of sp³-hybridized carbons (Fsp3) is 0.158. The molecule has 0 unspecified atom stereocenters. The third-order valence-corrected chi connectivity index (χ3v) is 5.92. The average molecular weight is 474 g/mol. The van der Waals surface area contributed by atoms with Gasteiger partial charge in [0.2, 0.25) is 0 Å². The van der Waals surface area contributed by atoms with Gasteiger partial charge in [0.05, 0.1) is 39.4 Å². The van der Waals surface area contributed by atoms with Gasteiger partial charge in [0.1, 0.15) is 0 Å². The van der Waals surface area contributed by atoms with Gasteiger partial charge in [0.15, 0.2) is 5.11 Å². The minimum absolute atomic E-state index is 0.380. The summed E-state index contributed by atoms with van der Waals surface area (Å²) in [5.74, 6) is 0. The highest BCUT2D eigenvalue weighted by molar-refractivity contribution is 7.80. The van der Waals surface area contributed by atoms with Gasteiger partial charge in [0, 0.05) is 15.6 Å². The van der Waals surface area contributed by atoms with Crippen molar-refractivity contribution in [2.45, 2.75) is 20.4 Å². The van der Waals surface area contributed by atoms with Crippen molar-refractivity contribution in [3.05, 3.63) is 73.4 Å². The molecule has 3 rings (SSSR count). The lowest BCUT2D eigenvalue weighted by Gasteiger charge is -2.13. The van der Waals surface area contributed by atoms with E-state index in [9.17, 15) is 0 Å². The second kappa shape index (κ2) is 8.89. The highest BCUT2D eigenvalue weighted by atomic mass is 35.5. The minimum atomic E-state index is 0.380. The first kappa shape index (κ1) is 21.2. The molecule has 0 atom stereocenters. The van der Waals surface area contributed by atoms with Crippen molar-refractivity contribution in [3.63, 3.8) is 0 Å². The lowest BCUT2D eigenvalue weighted by Crippen LogP contribution is -2.20. The molecule has 1 heterocycles. The molecule has 0 amide bonds. The summed E-state index contributed by atoms with van der Waals surface area (Å²) >= 11 is 30.2. The van der Waals surface area contributed by atoms with Crippen LogP contribution in [0.15, 0.2) is 36.4 Å². The average Bonchev–Trinajstić information content (AvgIpc) is 2.89. The Balaban J connectivity index is 1.80. The van der Waals surface area contributed by atoms with E-state index in [4.69, 9.17) is 58.6 Å². The SMILES string of the molecule is Cc1nn(Cc2c(Cl)cccc2Cl)c(C)c1NC(=S)Nc1cccc(Cl)c1Cl. The topological polar surface area (TPSA) is 41.9 Å². The molecule has 1 aromatic heterocycles. The summed E-state index contributed by atoms with van der Waals surface area (Å²) in [5.41, 5.74) is 3.93. The molecule has 28 heavy (non-hydrogen) atoms. The summed E-state index contributed by atoms with van der Waals surface area (Å²) in [4.78, 5) is 0. The van der Waals surface area contributed by atoms with Crippen LogP contribution in [0.1, 0.15) is 17.0 Å². The number of rotatable bonds is 4. The van der Waals surface area contributed by atoms with Gasteiger partial charge < -0.3 is 10.6 Å². The summed E-state index contributed by atoms with van der Waals surface area (Å²) in [6, 6.07) is 10.7. The Morgan fingerprint density at radius 1 is 0.964 bits per heavy atom. The molecule has 0 spiro atoms. The van der Waals surface area contributed by atoms with E-state index in [2.05, 4.69) is 15.7 Å². The van der Waals surface area contributed by atoms with E-state index >= 15 is 0 Å². The molecule has 0 fully saturated rings. The number of nitrogens with zero attached hydrogens (tertiary/aromatic N) is 2. The van der Waals surface area contributed by atoms with E-state index in [0.717, 1.165) is 22.6 Å². The van der Waals surface area contributed by atoms with Crippen LogP contribution in [0, 0.1) is 13.8 Å². The molecule has 0 aliphatic rings. The lowest BCUT2D eigenvalue weighted by molar-refractivity contribution is 0.659. The number of nitrogens with one attached hydrogen (secondary N) is 2. The van der Waals surface area contributed by atoms with Crippen LogP contribution < -0.4 is 10.6 Å². The molecule has 0 saturated carbocycles. The maximum absolute atomic E-state index is 6.29. The zero-order valence-electron chi connectivity index (χ0n) is 15.0. The third kappa shape index (κ3) is 4.56. The fourth-order valence-electron chi connectivity index (χ4n) is 2.73. The van der Waals surface area contributed by atoms with E-state index in [0.29, 0.717) is 37.4 Å². The second-order valence-corrected chi connectivity index (χ2v) is 8.09. The number of aryl methyl sites for hydroxylation is 1. The zero-order valence-corrected chi connectivity index (χ0v) is 18.8. The highest BCUT2D eigenvalue weighted by Gasteiger charge is 2.16.